The van der Waals surface area contributed by atoms with Crippen LogP contribution in [0.15, 0.2) is 12.1 Å². The fourth-order valence-electron chi connectivity index (χ4n) is 1.18. The van der Waals surface area contributed by atoms with Crippen molar-refractivity contribution < 1.29 is 27.9 Å². The van der Waals surface area contributed by atoms with Crippen LogP contribution in [-0.2, 0) is 4.79 Å². The summed E-state index contributed by atoms with van der Waals surface area (Å²) in [6.07, 6.45) is 0. The third-order valence-electron chi connectivity index (χ3n) is 2.49. The number of rotatable bonds is 3. The van der Waals surface area contributed by atoms with Crippen molar-refractivity contribution in [2.75, 3.05) is 12.4 Å². The van der Waals surface area contributed by atoms with Gasteiger partial charge in [-0.2, -0.15) is 0 Å². The Balaban J connectivity index is 2.86. The summed E-state index contributed by atoms with van der Waals surface area (Å²) in [5.41, 5.74) is -0.314. The van der Waals surface area contributed by atoms with Gasteiger partial charge in [0.1, 0.15) is 6.04 Å². The second-order valence-corrected chi connectivity index (χ2v) is 3.81. The first-order valence-corrected chi connectivity index (χ1v) is 5.15. The highest BCUT2D eigenvalue weighted by molar-refractivity contribution is 5.92. The maximum absolute atomic E-state index is 12.9. The molecule has 1 unspecified atom stereocenters. The molecule has 19 heavy (non-hydrogen) atoms. The monoisotopic (exact) mass is 276 g/mol. The Hall–Kier alpha value is -2.25. The van der Waals surface area contributed by atoms with E-state index in [9.17, 15) is 22.8 Å². The lowest BCUT2D eigenvalue weighted by Gasteiger charge is -2.21. The van der Waals surface area contributed by atoms with Gasteiger partial charge in [-0.1, -0.05) is 0 Å². The number of carbonyl (C=O) groups is 2. The molecule has 0 aliphatic carbocycles. The van der Waals surface area contributed by atoms with E-state index in [0.29, 0.717) is 12.1 Å². The third kappa shape index (κ3) is 3.36. The minimum atomic E-state index is -1.65. The molecule has 0 saturated carbocycles. The van der Waals surface area contributed by atoms with Gasteiger partial charge in [-0.15, -0.1) is 0 Å². The quantitative estimate of drug-likeness (QED) is 0.830. The molecule has 0 fully saturated rings. The highest BCUT2D eigenvalue weighted by Crippen LogP contribution is 2.17. The number of nitrogens with zero attached hydrogens (tertiary/aromatic N) is 1. The van der Waals surface area contributed by atoms with E-state index in [-0.39, 0.29) is 5.69 Å². The summed E-state index contributed by atoms with van der Waals surface area (Å²) in [6, 6.07) is -0.832. The van der Waals surface area contributed by atoms with Gasteiger partial charge in [0.15, 0.2) is 17.5 Å². The molecule has 0 aliphatic rings. The van der Waals surface area contributed by atoms with Crippen LogP contribution in [0.3, 0.4) is 0 Å². The van der Waals surface area contributed by atoms with E-state index in [4.69, 9.17) is 5.11 Å². The van der Waals surface area contributed by atoms with Crippen LogP contribution < -0.4 is 5.32 Å². The van der Waals surface area contributed by atoms with Gasteiger partial charge in [0.05, 0.1) is 0 Å². The van der Waals surface area contributed by atoms with Crippen molar-refractivity contribution in [3.05, 3.63) is 29.6 Å². The highest BCUT2D eigenvalue weighted by Gasteiger charge is 2.22. The summed E-state index contributed by atoms with van der Waals surface area (Å²) in [7, 11) is 1.20. The van der Waals surface area contributed by atoms with Crippen LogP contribution in [0.25, 0.3) is 0 Å². The molecular weight excluding hydrogens is 265 g/mol. The van der Waals surface area contributed by atoms with Crippen LogP contribution in [0.5, 0.6) is 0 Å². The fraction of sp³-hybridized carbons (Fsp3) is 0.273. The third-order valence-corrected chi connectivity index (χ3v) is 2.49. The van der Waals surface area contributed by atoms with E-state index in [1.54, 1.807) is 0 Å². The maximum atomic E-state index is 12.9. The number of carbonyl (C=O) groups excluding carboxylic acids is 1. The Labute approximate surface area is 106 Å². The number of benzene rings is 1. The second kappa shape index (κ2) is 5.59. The molecular formula is C11H11F3N2O3. The molecule has 0 radical (unpaired) electrons. The van der Waals surface area contributed by atoms with Crippen molar-refractivity contribution in [3.63, 3.8) is 0 Å². The normalized spacial score (nSPS) is 11.8. The lowest BCUT2D eigenvalue weighted by Crippen LogP contribution is -2.42. The number of urea groups is 1. The van der Waals surface area contributed by atoms with Gasteiger partial charge in [0.2, 0.25) is 0 Å². The SMILES string of the molecule is CC(C(=O)O)N(C)C(=O)Nc1cc(F)c(F)c(F)c1. The van der Waals surface area contributed by atoms with E-state index in [2.05, 4.69) is 5.32 Å². The average molecular weight is 276 g/mol. The molecule has 1 aromatic rings. The van der Waals surface area contributed by atoms with Crippen molar-refractivity contribution in [2.45, 2.75) is 13.0 Å². The van der Waals surface area contributed by atoms with Crippen LogP contribution >= 0.6 is 0 Å². The molecule has 1 aromatic carbocycles. The van der Waals surface area contributed by atoms with E-state index >= 15 is 0 Å². The van der Waals surface area contributed by atoms with E-state index in [1.165, 1.54) is 14.0 Å². The molecule has 0 spiro atoms. The molecule has 0 aliphatic heterocycles. The average Bonchev–Trinajstić information content (AvgIpc) is 2.33. The number of hydrogen-bond acceptors (Lipinski definition) is 2. The largest absolute Gasteiger partial charge is 0.480 e. The van der Waals surface area contributed by atoms with Gasteiger partial charge >= 0.3 is 12.0 Å². The fourth-order valence-corrected chi connectivity index (χ4v) is 1.18. The van der Waals surface area contributed by atoms with Crippen molar-refractivity contribution >= 4 is 17.7 Å². The van der Waals surface area contributed by atoms with Crippen LogP contribution in [0.1, 0.15) is 6.92 Å². The van der Waals surface area contributed by atoms with Gasteiger partial charge in [-0.3, -0.25) is 0 Å². The first-order valence-electron chi connectivity index (χ1n) is 5.15. The number of carboxylic acids is 1. The first-order chi connectivity index (χ1) is 8.73. The smallest absolute Gasteiger partial charge is 0.326 e. The van der Waals surface area contributed by atoms with Crippen molar-refractivity contribution in [1.29, 1.82) is 0 Å². The number of aliphatic carboxylic acids is 1. The predicted octanol–water partition coefficient (Wildman–Crippen LogP) is 2.04. The predicted molar refractivity (Wildman–Crippen MR) is 60.2 cm³/mol. The summed E-state index contributed by atoms with van der Waals surface area (Å²) in [5, 5.41) is 10.8. The van der Waals surface area contributed by atoms with Gasteiger partial charge in [0, 0.05) is 24.9 Å². The summed E-state index contributed by atoms with van der Waals surface area (Å²) in [5.74, 6) is -5.80. The Morgan fingerprint density at radius 2 is 1.74 bits per heavy atom. The lowest BCUT2D eigenvalue weighted by atomic mass is 10.3. The number of nitrogens with one attached hydrogen (secondary N) is 1. The molecule has 1 rings (SSSR count). The van der Waals surface area contributed by atoms with Gasteiger partial charge in [-0.25, -0.2) is 22.8 Å². The summed E-state index contributed by atoms with van der Waals surface area (Å²) >= 11 is 0. The summed E-state index contributed by atoms with van der Waals surface area (Å²) in [6.45, 7) is 1.26. The molecule has 2 amide bonds. The van der Waals surface area contributed by atoms with Gasteiger partial charge in [0.25, 0.3) is 0 Å². The van der Waals surface area contributed by atoms with E-state index in [1.807, 2.05) is 0 Å². The van der Waals surface area contributed by atoms with Crippen LogP contribution in [0.4, 0.5) is 23.7 Å². The highest BCUT2D eigenvalue weighted by atomic mass is 19.2. The van der Waals surface area contributed by atoms with Crippen molar-refractivity contribution in [3.8, 4) is 0 Å². The Morgan fingerprint density at radius 3 is 2.16 bits per heavy atom. The van der Waals surface area contributed by atoms with Crippen LogP contribution in [0, 0.1) is 17.5 Å². The van der Waals surface area contributed by atoms with Gasteiger partial charge in [-0.05, 0) is 6.92 Å². The minimum Gasteiger partial charge on any atom is -0.480 e. The lowest BCUT2D eigenvalue weighted by molar-refractivity contribution is -0.141. The molecule has 0 heterocycles. The Bertz CT molecular complexity index is 499. The molecule has 2 N–H and O–H groups in total. The molecule has 8 heteroatoms. The summed E-state index contributed by atoms with van der Waals surface area (Å²) in [4.78, 5) is 23.1. The maximum Gasteiger partial charge on any atom is 0.326 e. The Morgan fingerprint density at radius 1 is 1.26 bits per heavy atom. The van der Waals surface area contributed by atoms with Crippen LogP contribution in [-0.4, -0.2) is 35.1 Å². The Kier molecular flexibility index (Phi) is 4.36. The molecule has 1 atom stereocenters. The number of amides is 2. The molecule has 0 bridgehead atoms. The summed E-state index contributed by atoms with van der Waals surface area (Å²) < 4.78 is 38.5. The topological polar surface area (TPSA) is 69.6 Å². The number of anilines is 1. The number of hydrogen-bond donors (Lipinski definition) is 2. The standard InChI is InChI=1S/C11H11F3N2O3/c1-5(10(17)18)16(2)11(19)15-6-3-7(12)9(14)8(13)4-6/h3-5H,1-2H3,(H,15,19)(H,17,18). The number of carboxylic acid groups (broad SMARTS) is 1. The number of halogens is 3. The molecule has 0 saturated heterocycles. The zero-order valence-electron chi connectivity index (χ0n) is 10.1. The minimum absolute atomic E-state index is 0.314. The van der Waals surface area contributed by atoms with E-state index in [0.717, 1.165) is 4.90 Å². The van der Waals surface area contributed by atoms with Crippen molar-refractivity contribution in [2.24, 2.45) is 0 Å². The molecule has 5 nitrogen and oxygen atoms in total. The zero-order chi connectivity index (χ0) is 14.7. The second-order valence-electron chi connectivity index (χ2n) is 3.81. The van der Waals surface area contributed by atoms with Crippen LogP contribution in [0.2, 0.25) is 0 Å². The molecule has 104 valence electrons. The van der Waals surface area contributed by atoms with E-state index < -0.39 is 35.5 Å². The van der Waals surface area contributed by atoms with Crippen molar-refractivity contribution in [1.82, 2.24) is 4.90 Å². The first kappa shape index (κ1) is 14.8. The number of likely N-dealkylation sites (N-methyl/N-ethyl adjacent to an activating group) is 1. The molecule has 0 aromatic heterocycles. The zero-order valence-corrected chi connectivity index (χ0v) is 10.1. The van der Waals surface area contributed by atoms with Gasteiger partial charge < -0.3 is 15.3 Å².